The third kappa shape index (κ3) is 1.44. The fraction of sp³-hybridized carbons (Fsp3) is 1.00. The quantitative estimate of drug-likeness (QED) is 0.567. The number of nitrogens with one attached hydrogen (secondary N) is 1. The molecule has 0 amide bonds. The van der Waals surface area contributed by atoms with Crippen LogP contribution in [0.5, 0.6) is 0 Å². The van der Waals surface area contributed by atoms with Crippen molar-refractivity contribution in [2.45, 2.75) is 6.42 Å². The Labute approximate surface area is 67.7 Å². The van der Waals surface area contributed by atoms with Crippen LogP contribution in [0, 0.1) is 11.8 Å². The van der Waals surface area contributed by atoms with Gasteiger partial charge >= 0.3 is 0 Å². The van der Waals surface area contributed by atoms with E-state index in [-0.39, 0.29) is 12.4 Å². The predicted octanol–water partition coefficient (Wildman–Crippen LogP) is 0.664. The first-order valence-corrected chi connectivity index (χ1v) is 3.75. The molecule has 60 valence electrons. The Hall–Kier alpha value is 0.210. The zero-order valence-corrected chi connectivity index (χ0v) is 6.82. The highest BCUT2D eigenvalue weighted by Crippen LogP contribution is 2.24. The summed E-state index contributed by atoms with van der Waals surface area (Å²) in [5.74, 6) is 1.76. The molecular formula is C7H14ClNO. The molecule has 2 fully saturated rings. The summed E-state index contributed by atoms with van der Waals surface area (Å²) in [6, 6.07) is 0. The van der Waals surface area contributed by atoms with Gasteiger partial charge in [-0.3, -0.25) is 0 Å². The van der Waals surface area contributed by atoms with Crippen molar-refractivity contribution in [1.29, 1.82) is 0 Å². The third-order valence-corrected chi connectivity index (χ3v) is 2.44. The van der Waals surface area contributed by atoms with Crippen molar-refractivity contribution in [2.75, 3.05) is 26.3 Å². The summed E-state index contributed by atoms with van der Waals surface area (Å²) in [5, 5.41) is 3.38. The minimum Gasteiger partial charge on any atom is -0.381 e. The topological polar surface area (TPSA) is 21.3 Å². The first-order valence-electron chi connectivity index (χ1n) is 3.75. The summed E-state index contributed by atoms with van der Waals surface area (Å²) >= 11 is 0. The molecule has 1 N–H and O–H groups in total. The SMILES string of the molecule is C1CC2CNCC2CO1.Cl. The molecule has 2 unspecified atom stereocenters. The van der Waals surface area contributed by atoms with Gasteiger partial charge in [0.05, 0.1) is 6.61 Å². The van der Waals surface area contributed by atoms with Gasteiger partial charge in [-0.15, -0.1) is 12.4 Å². The predicted molar refractivity (Wildman–Crippen MR) is 42.5 cm³/mol. The highest BCUT2D eigenvalue weighted by molar-refractivity contribution is 5.85. The monoisotopic (exact) mass is 163 g/mol. The van der Waals surface area contributed by atoms with Crippen LogP contribution in [0.3, 0.4) is 0 Å². The van der Waals surface area contributed by atoms with Crippen LogP contribution < -0.4 is 5.32 Å². The Morgan fingerprint density at radius 3 is 2.80 bits per heavy atom. The van der Waals surface area contributed by atoms with Gasteiger partial charge in [0, 0.05) is 13.2 Å². The molecule has 3 heteroatoms. The lowest BCUT2D eigenvalue weighted by Crippen LogP contribution is -2.25. The van der Waals surface area contributed by atoms with Crippen LogP contribution in [0.15, 0.2) is 0 Å². The zero-order chi connectivity index (χ0) is 6.10. The first kappa shape index (κ1) is 8.31. The van der Waals surface area contributed by atoms with Gasteiger partial charge in [-0.05, 0) is 24.8 Å². The second kappa shape index (κ2) is 3.56. The van der Waals surface area contributed by atoms with Gasteiger partial charge < -0.3 is 10.1 Å². The summed E-state index contributed by atoms with van der Waals surface area (Å²) in [4.78, 5) is 0. The van der Waals surface area contributed by atoms with E-state index in [4.69, 9.17) is 4.74 Å². The number of rotatable bonds is 0. The minimum atomic E-state index is 0. The first-order chi connectivity index (χ1) is 4.47. The minimum absolute atomic E-state index is 0. The molecule has 2 heterocycles. The summed E-state index contributed by atoms with van der Waals surface area (Å²) in [7, 11) is 0. The van der Waals surface area contributed by atoms with Gasteiger partial charge in [0.1, 0.15) is 0 Å². The van der Waals surface area contributed by atoms with E-state index >= 15 is 0 Å². The standard InChI is InChI=1S/C7H13NO.ClH/c1-2-9-5-7-4-8-3-6(1)7;/h6-8H,1-5H2;1H. The Kier molecular flexibility index (Phi) is 2.96. The van der Waals surface area contributed by atoms with Crippen LogP contribution in [-0.2, 0) is 4.74 Å². The number of hydrogen-bond donors (Lipinski definition) is 1. The summed E-state index contributed by atoms with van der Waals surface area (Å²) < 4.78 is 5.34. The van der Waals surface area contributed by atoms with Gasteiger partial charge in [0.25, 0.3) is 0 Å². The molecule has 0 aromatic carbocycles. The number of fused-ring (bicyclic) bond motifs is 1. The number of halogens is 1. The van der Waals surface area contributed by atoms with E-state index in [9.17, 15) is 0 Å². The van der Waals surface area contributed by atoms with Crippen LogP contribution in [0.25, 0.3) is 0 Å². The molecule has 2 saturated heterocycles. The summed E-state index contributed by atoms with van der Waals surface area (Å²) in [6.07, 6.45) is 1.28. The molecular weight excluding hydrogens is 150 g/mol. The number of hydrogen-bond acceptors (Lipinski definition) is 2. The van der Waals surface area contributed by atoms with Crippen molar-refractivity contribution in [3.05, 3.63) is 0 Å². The van der Waals surface area contributed by atoms with Gasteiger partial charge in [0.15, 0.2) is 0 Å². The lowest BCUT2D eigenvalue weighted by Gasteiger charge is -2.23. The molecule has 2 rings (SSSR count). The lowest BCUT2D eigenvalue weighted by molar-refractivity contribution is 0.0372. The Morgan fingerprint density at radius 1 is 1.20 bits per heavy atom. The van der Waals surface area contributed by atoms with Crippen molar-refractivity contribution in [1.82, 2.24) is 5.32 Å². The molecule has 0 aromatic rings. The van der Waals surface area contributed by atoms with Crippen molar-refractivity contribution in [3.63, 3.8) is 0 Å². The molecule has 0 aliphatic carbocycles. The van der Waals surface area contributed by atoms with Crippen molar-refractivity contribution < 1.29 is 4.74 Å². The Balaban J connectivity index is 0.000000500. The van der Waals surface area contributed by atoms with Gasteiger partial charge in [0.2, 0.25) is 0 Å². The van der Waals surface area contributed by atoms with E-state index in [0.29, 0.717) is 0 Å². The highest BCUT2D eigenvalue weighted by atomic mass is 35.5. The summed E-state index contributed by atoms with van der Waals surface area (Å²) in [6.45, 7) is 4.40. The third-order valence-electron chi connectivity index (χ3n) is 2.44. The van der Waals surface area contributed by atoms with Crippen molar-refractivity contribution >= 4 is 12.4 Å². The van der Waals surface area contributed by atoms with Gasteiger partial charge in [-0.2, -0.15) is 0 Å². The molecule has 0 bridgehead atoms. The molecule has 0 aromatic heterocycles. The average Bonchev–Trinajstić information content (AvgIpc) is 2.33. The second-order valence-corrected chi connectivity index (χ2v) is 3.04. The normalized spacial score (nSPS) is 38.4. The lowest BCUT2D eigenvalue weighted by atomic mass is 9.92. The van der Waals surface area contributed by atoms with Crippen LogP contribution >= 0.6 is 12.4 Å². The van der Waals surface area contributed by atoms with E-state index in [1.165, 1.54) is 19.5 Å². The Bertz CT molecular complexity index is 97.8. The van der Waals surface area contributed by atoms with Crippen LogP contribution in [0.2, 0.25) is 0 Å². The van der Waals surface area contributed by atoms with Crippen molar-refractivity contribution in [2.24, 2.45) is 11.8 Å². The molecule has 10 heavy (non-hydrogen) atoms. The van der Waals surface area contributed by atoms with Crippen LogP contribution in [-0.4, -0.2) is 26.3 Å². The molecule has 2 aliphatic heterocycles. The molecule has 0 saturated carbocycles. The summed E-state index contributed by atoms with van der Waals surface area (Å²) in [5.41, 5.74) is 0. The fourth-order valence-electron chi connectivity index (χ4n) is 1.79. The smallest absolute Gasteiger partial charge is 0.0509 e. The van der Waals surface area contributed by atoms with Crippen LogP contribution in [0.1, 0.15) is 6.42 Å². The zero-order valence-electron chi connectivity index (χ0n) is 6.01. The molecule has 0 radical (unpaired) electrons. The molecule has 2 aliphatic rings. The maximum atomic E-state index is 5.34. The van der Waals surface area contributed by atoms with E-state index in [1.54, 1.807) is 0 Å². The molecule has 0 spiro atoms. The highest BCUT2D eigenvalue weighted by Gasteiger charge is 2.29. The van der Waals surface area contributed by atoms with E-state index in [2.05, 4.69) is 5.32 Å². The maximum absolute atomic E-state index is 5.34. The maximum Gasteiger partial charge on any atom is 0.0509 e. The second-order valence-electron chi connectivity index (χ2n) is 3.04. The van der Waals surface area contributed by atoms with E-state index in [1.807, 2.05) is 0 Å². The molecule has 2 nitrogen and oxygen atoms in total. The Morgan fingerprint density at radius 2 is 2.00 bits per heavy atom. The van der Waals surface area contributed by atoms with E-state index < -0.39 is 0 Å². The number of ether oxygens (including phenoxy) is 1. The van der Waals surface area contributed by atoms with Gasteiger partial charge in [-0.1, -0.05) is 0 Å². The average molecular weight is 164 g/mol. The largest absolute Gasteiger partial charge is 0.381 e. The molecule has 2 atom stereocenters. The van der Waals surface area contributed by atoms with Crippen molar-refractivity contribution in [3.8, 4) is 0 Å². The van der Waals surface area contributed by atoms with Crippen LogP contribution in [0.4, 0.5) is 0 Å². The van der Waals surface area contributed by atoms with Gasteiger partial charge in [-0.25, -0.2) is 0 Å². The van der Waals surface area contributed by atoms with E-state index in [0.717, 1.165) is 25.0 Å². The fourth-order valence-corrected chi connectivity index (χ4v) is 1.79.